The SMILES string of the molecule is COc1cn([C@@H](Cc2ccccc2)C(=O)Nc2ccc(C(N)=O)cc2)c(=O)cc1-c1cc(Cl)ccc1C(C)=O. The molecule has 0 saturated heterocycles. The molecule has 0 fully saturated rings. The summed E-state index contributed by atoms with van der Waals surface area (Å²) in [4.78, 5) is 50.8. The number of hydrogen-bond acceptors (Lipinski definition) is 5. The molecule has 3 N–H and O–H groups in total. The fraction of sp³-hybridized carbons (Fsp3) is 0.133. The minimum absolute atomic E-state index is 0.198. The highest BCUT2D eigenvalue weighted by Crippen LogP contribution is 2.34. The molecule has 2 amide bonds. The minimum atomic E-state index is -0.953. The van der Waals surface area contributed by atoms with E-state index in [1.807, 2.05) is 30.3 Å². The number of benzene rings is 3. The summed E-state index contributed by atoms with van der Waals surface area (Å²) in [6.07, 6.45) is 1.68. The van der Waals surface area contributed by atoms with E-state index in [0.717, 1.165) is 5.56 Å². The molecule has 0 aliphatic heterocycles. The molecule has 1 heterocycles. The van der Waals surface area contributed by atoms with Gasteiger partial charge in [-0.15, -0.1) is 0 Å². The first-order chi connectivity index (χ1) is 18.7. The number of halogens is 1. The van der Waals surface area contributed by atoms with Gasteiger partial charge in [-0.2, -0.15) is 0 Å². The molecule has 1 aromatic heterocycles. The second kappa shape index (κ2) is 11.8. The first-order valence-corrected chi connectivity index (χ1v) is 12.4. The van der Waals surface area contributed by atoms with Crippen LogP contribution in [0.3, 0.4) is 0 Å². The molecule has 8 nitrogen and oxygen atoms in total. The number of pyridine rings is 1. The molecule has 4 rings (SSSR count). The predicted octanol–water partition coefficient (Wildman–Crippen LogP) is 4.90. The summed E-state index contributed by atoms with van der Waals surface area (Å²) in [6, 6.07) is 20.6. The zero-order valence-electron chi connectivity index (χ0n) is 21.3. The Balaban J connectivity index is 1.79. The molecule has 0 saturated carbocycles. The lowest BCUT2D eigenvalue weighted by Gasteiger charge is -2.22. The zero-order chi connectivity index (χ0) is 28.1. The summed E-state index contributed by atoms with van der Waals surface area (Å²) < 4.78 is 6.92. The average Bonchev–Trinajstić information content (AvgIpc) is 2.92. The number of ether oxygens (including phenoxy) is 1. The first kappa shape index (κ1) is 27.3. The third kappa shape index (κ3) is 6.25. The Labute approximate surface area is 230 Å². The highest BCUT2D eigenvalue weighted by atomic mass is 35.5. The number of nitrogens with one attached hydrogen (secondary N) is 1. The van der Waals surface area contributed by atoms with Crippen LogP contribution in [0.2, 0.25) is 5.02 Å². The van der Waals surface area contributed by atoms with Gasteiger partial charge < -0.3 is 15.8 Å². The van der Waals surface area contributed by atoms with E-state index in [9.17, 15) is 19.2 Å². The zero-order valence-corrected chi connectivity index (χ0v) is 22.1. The number of anilines is 1. The van der Waals surface area contributed by atoms with Crippen molar-refractivity contribution in [3.05, 3.63) is 117 Å². The van der Waals surface area contributed by atoms with Crippen LogP contribution in [0.1, 0.15) is 39.2 Å². The van der Waals surface area contributed by atoms with E-state index in [0.29, 0.717) is 33.0 Å². The lowest BCUT2D eigenvalue weighted by Crippen LogP contribution is -2.34. The number of carbonyl (C=O) groups excluding carboxylic acids is 3. The molecule has 0 aliphatic carbocycles. The smallest absolute Gasteiger partial charge is 0.252 e. The van der Waals surface area contributed by atoms with Crippen molar-refractivity contribution in [2.75, 3.05) is 12.4 Å². The Bertz CT molecular complexity index is 1600. The quantitative estimate of drug-likeness (QED) is 0.291. The average molecular weight is 544 g/mol. The molecule has 3 aromatic carbocycles. The number of amides is 2. The number of hydrogen-bond donors (Lipinski definition) is 2. The Morgan fingerprint density at radius 3 is 2.28 bits per heavy atom. The van der Waals surface area contributed by atoms with Crippen molar-refractivity contribution in [2.45, 2.75) is 19.4 Å². The van der Waals surface area contributed by atoms with Gasteiger partial charge in [0, 0.05) is 39.9 Å². The summed E-state index contributed by atoms with van der Waals surface area (Å²) in [7, 11) is 1.44. The van der Waals surface area contributed by atoms with Crippen LogP contribution >= 0.6 is 11.6 Å². The Morgan fingerprint density at radius 2 is 1.67 bits per heavy atom. The third-order valence-corrected chi connectivity index (χ3v) is 6.50. The summed E-state index contributed by atoms with van der Waals surface area (Å²) >= 11 is 6.21. The van der Waals surface area contributed by atoms with Gasteiger partial charge in [0.1, 0.15) is 11.8 Å². The van der Waals surface area contributed by atoms with Gasteiger partial charge in [-0.05, 0) is 60.5 Å². The van der Waals surface area contributed by atoms with Gasteiger partial charge in [0.05, 0.1) is 13.3 Å². The van der Waals surface area contributed by atoms with E-state index in [1.165, 1.54) is 43.0 Å². The predicted molar refractivity (Wildman–Crippen MR) is 150 cm³/mol. The highest BCUT2D eigenvalue weighted by molar-refractivity contribution is 6.31. The fourth-order valence-corrected chi connectivity index (χ4v) is 4.46. The van der Waals surface area contributed by atoms with Crippen LogP contribution in [-0.4, -0.2) is 29.3 Å². The molecule has 198 valence electrons. The monoisotopic (exact) mass is 543 g/mol. The largest absolute Gasteiger partial charge is 0.495 e. The number of ketones is 1. The molecule has 1 atom stereocenters. The Morgan fingerprint density at radius 1 is 0.974 bits per heavy atom. The number of methoxy groups -OCH3 is 1. The summed E-state index contributed by atoms with van der Waals surface area (Å²) in [5, 5.41) is 3.21. The summed E-state index contributed by atoms with van der Waals surface area (Å²) in [6.45, 7) is 1.43. The standard InChI is InChI=1S/C30H26ClN3O5/c1-18(35)23-13-10-21(31)15-24(23)25-16-28(36)34(17-27(25)39-2)26(14-19-6-4-3-5-7-19)30(38)33-22-11-8-20(9-12-22)29(32)37/h3-13,15-17,26H,14H2,1-2H3,(H2,32,37)(H,33,38)/t26-/m0/s1. The number of Topliss-reactive ketones (excluding diaryl/α,β-unsaturated/α-hetero) is 1. The van der Waals surface area contributed by atoms with E-state index in [4.69, 9.17) is 22.1 Å². The van der Waals surface area contributed by atoms with Crippen molar-refractivity contribution in [1.82, 2.24) is 4.57 Å². The summed E-state index contributed by atoms with van der Waals surface area (Å²) in [5.74, 6) is -0.941. The van der Waals surface area contributed by atoms with E-state index in [-0.39, 0.29) is 18.0 Å². The molecule has 0 aliphatic rings. The van der Waals surface area contributed by atoms with Gasteiger partial charge in [0.2, 0.25) is 11.8 Å². The van der Waals surface area contributed by atoms with Crippen molar-refractivity contribution < 1.29 is 19.1 Å². The number of aromatic nitrogens is 1. The number of primary amides is 1. The molecule has 39 heavy (non-hydrogen) atoms. The molecule has 0 radical (unpaired) electrons. The Hall–Kier alpha value is -4.69. The van der Waals surface area contributed by atoms with E-state index >= 15 is 0 Å². The number of carbonyl (C=O) groups is 3. The van der Waals surface area contributed by atoms with Crippen molar-refractivity contribution in [3.8, 4) is 16.9 Å². The van der Waals surface area contributed by atoms with Crippen LogP contribution < -0.4 is 21.3 Å². The van der Waals surface area contributed by atoms with Crippen molar-refractivity contribution >= 4 is 34.9 Å². The van der Waals surface area contributed by atoms with E-state index < -0.39 is 23.4 Å². The van der Waals surface area contributed by atoms with Crippen LogP contribution in [0, 0.1) is 0 Å². The topological polar surface area (TPSA) is 120 Å². The lowest BCUT2D eigenvalue weighted by atomic mass is 9.97. The fourth-order valence-electron chi connectivity index (χ4n) is 4.29. The van der Waals surface area contributed by atoms with Crippen LogP contribution in [0.15, 0.2) is 89.9 Å². The van der Waals surface area contributed by atoms with Crippen LogP contribution in [-0.2, 0) is 11.2 Å². The van der Waals surface area contributed by atoms with Gasteiger partial charge in [-0.3, -0.25) is 23.7 Å². The van der Waals surface area contributed by atoms with Gasteiger partial charge >= 0.3 is 0 Å². The summed E-state index contributed by atoms with van der Waals surface area (Å²) in [5.41, 5.74) is 7.63. The molecule has 0 spiro atoms. The number of nitrogens with zero attached hydrogens (tertiary/aromatic N) is 1. The maximum Gasteiger partial charge on any atom is 0.252 e. The lowest BCUT2D eigenvalue weighted by molar-refractivity contribution is -0.119. The van der Waals surface area contributed by atoms with Gasteiger partial charge in [-0.25, -0.2) is 0 Å². The molecule has 0 unspecified atom stereocenters. The highest BCUT2D eigenvalue weighted by Gasteiger charge is 2.25. The molecular formula is C30H26ClN3O5. The van der Waals surface area contributed by atoms with Crippen LogP contribution in [0.5, 0.6) is 5.75 Å². The van der Waals surface area contributed by atoms with Crippen molar-refractivity contribution in [2.24, 2.45) is 5.73 Å². The molecule has 0 bridgehead atoms. The first-order valence-electron chi connectivity index (χ1n) is 12.0. The molecule has 4 aromatic rings. The van der Waals surface area contributed by atoms with E-state index in [1.54, 1.807) is 30.3 Å². The molecular weight excluding hydrogens is 518 g/mol. The van der Waals surface area contributed by atoms with Gasteiger partial charge in [0.25, 0.3) is 5.56 Å². The maximum atomic E-state index is 13.6. The van der Waals surface area contributed by atoms with E-state index in [2.05, 4.69) is 5.32 Å². The van der Waals surface area contributed by atoms with Crippen molar-refractivity contribution in [1.29, 1.82) is 0 Å². The van der Waals surface area contributed by atoms with Crippen LogP contribution in [0.25, 0.3) is 11.1 Å². The molecule has 9 heteroatoms. The number of nitrogens with two attached hydrogens (primary N) is 1. The van der Waals surface area contributed by atoms with Crippen molar-refractivity contribution in [3.63, 3.8) is 0 Å². The minimum Gasteiger partial charge on any atom is -0.495 e. The van der Waals surface area contributed by atoms with Gasteiger partial charge in [0.15, 0.2) is 5.78 Å². The van der Waals surface area contributed by atoms with Crippen LogP contribution in [0.4, 0.5) is 5.69 Å². The Kier molecular flexibility index (Phi) is 8.27. The third-order valence-electron chi connectivity index (χ3n) is 6.26. The maximum absolute atomic E-state index is 13.6. The van der Waals surface area contributed by atoms with Gasteiger partial charge in [-0.1, -0.05) is 41.9 Å². The normalized spacial score (nSPS) is 11.5. The number of rotatable bonds is 9. The second-order valence-electron chi connectivity index (χ2n) is 8.88. The second-order valence-corrected chi connectivity index (χ2v) is 9.32.